The van der Waals surface area contributed by atoms with Gasteiger partial charge in [-0.2, -0.15) is 0 Å². The van der Waals surface area contributed by atoms with Crippen LogP contribution in [-0.4, -0.2) is 6.71 Å². The molecule has 0 saturated heterocycles. The van der Waals surface area contributed by atoms with Gasteiger partial charge in [0.25, 0.3) is 6.71 Å². The highest BCUT2D eigenvalue weighted by atomic mass is 79.9. The molecule has 0 aliphatic carbocycles. The van der Waals surface area contributed by atoms with Gasteiger partial charge in [-0.1, -0.05) is 234 Å². The van der Waals surface area contributed by atoms with Gasteiger partial charge >= 0.3 is 0 Å². The van der Waals surface area contributed by atoms with Crippen LogP contribution >= 0.6 is 27.5 Å². The predicted octanol–water partition coefficient (Wildman–Crippen LogP) is 15.5. The van der Waals surface area contributed by atoms with Gasteiger partial charge in [-0.25, -0.2) is 0 Å². The van der Waals surface area contributed by atoms with Crippen LogP contribution in [0.25, 0.3) is 55.6 Å². The number of nitrogens with zero attached hydrogens (tertiary/aromatic N) is 2. The molecule has 0 fully saturated rings. The van der Waals surface area contributed by atoms with Crippen LogP contribution in [0.1, 0.15) is 0 Å². The zero-order valence-electron chi connectivity index (χ0n) is 35.2. The van der Waals surface area contributed by atoms with Crippen LogP contribution in [0.3, 0.4) is 0 Å². The molecular weight excluding hydrogens is 875 g/mol. The minimum absolute atomic E-state index is 0.135. The summed E-state index contributed by atoms with van der Waals surface area (Å²) in [5.74, 6) is 0. The average Bonchev–Trinajstić information content (AvgIpc) is 3.37. The highest BCUT2D eigenvalue weighted by molar-refractivity contribution is 9.10. The fourth-order valence-corrected chi connectivity index (χ4v) is 10.8. The van der Waals surface area contributed by atoms with Crippen molar-refractivity contribution in [2.24, 2.45) is 0 Å². The van der Waals surface area contributed by atoms with Crippen LogP contribution < -0.4 is 26.2 Å². The highest BCUT2D eigenvalue weighted by Gasteiger charge is 2.45. The van der Waals surface area contributed by atoms with Crippen molar-refractivity contribution >= 4 is 84.8 Å². The van der Waals surface area contributed by atoms with E-state index in [1.165, 1.54) is 27.5 Å². The molecule has 0 bridgehead atoms. The Bertz CT molecular complexity index is 3270. The van der Waals surface area contributed by atoms with Crippen LogP contribution in [0, 0.1) is 0 Å². The third-order valence-corrected chi connectivity index (χ3v) is 13.7. The van der Waals surface area contributed by atoms with Gasteiger partial charge in [0.1, 0.15) is 0 Å². The Hall–Kier alpha value is -7.37. The summed E-state index contributed by atoms with van der Waals surface area (Å²) < 4.78 is 1.03. The molecule has 0 saturated carbocycles. The molecule has 65 heavy (non-hydrogen) atoms. The van der Waals surface area contributed by atoms with Gasteiger partial charge < -0.3 is 9.80 Å². The molecule has 5 heteroatoms. The average molecular weight is 914 g/mol. The van der Waals surface area contributed by atoms with Gasteiger partial charge in [0, 0.05) is 54.5 Å². The Kier molecular flexibility index (Phi) is 9.85. The van der Waals surface area contributed by atoms with Gasteiger partial charge in [0.05, 0.1) is 11.4 Å². The summed E-state index contributed by atoms with van der Waals surface area (Å²) in [6.45, 7) is -0.135. The first kappa shape index (κ1) is 39.2. The van der Waals surface area contributed by atoms with Crippen molar-refractivity contribution in [3.05, 3.63) is 246 Å². The van der Waals surface area contributed by atoms with E-state index in [9.17, 15) is 0 Å². The van der Waals surface area contributed by atoms with E-state index >= 15 is 0 Å². The van der Waals surface area contributed by atoms with Gasteiger partial charge in [-0.05, 0) is 80.1 Å². The summed E-state index contributed by atoms with van der Waals surface area (Å²) in [6.07, 6.45) is 0. The molecule has 0 amide bonds. The summed E-state index contributed by atoms with van der Waals surface area (Å²) in [6, 6.07) is 85.5. The Morgan fingerprint density at radius 1 is 0.323 bits per heavy atom. The summed E-state index contributed by atoms with van der Waals surface area (Å²) in [5, 5.41) is 0.661. The minimum atomic E-state index is -0.135. The molecule has 12 rings (SSSR count). The number of hydrogen-bond acceptors (Lipinski definition) is 2. The van der Waals surface area contributed by atoms with Crippen LogP contribution in [0.5, 0.6) is 0 Å². The fraction of sp³-hybridized carbons (Fsp3) is 0. The highest BCUT2D eigenvalue weighted by Crippen LogP contribution is 2.53. The molecule has 306 valence electrons. The van der Waals surface area contributed by atoms with E-state index in [1.54, 1.807) is 0 Å². The molecule has 0 spiro atoms. The van der Waals surface area contributed by atoms with E-state index in [2.05, 4.69) is 262 Å². The molecule has 0 N–H and O–H groups in total. The third-order valence-electron chi connectivity index (χ3n) is 13.0. The molecule has 10 aromatic rings. The van der Waals surface area contributed by atoms with Crippen molar-refractivity contribution in [1.29, 1.82) is 0 Å². The third kappa shape index (κ3) is 6.72. The molecule has 2 heterocycles. The summed E-state index contributed by atoms with van der Waals surface area (Å²) in [7, 11) is 0. The second-order valence-electron chi connectivity index (χ2n) is 16.7. The van der Waals surface area contributed by atoms with Crippen LogP contribution in [0.2, 0.25) is 5.02 Å². The second-order valence-corrected chi connectivity index (χ2v) is 18.0. The lowest BCUT2D eigenvalue weighted by Gasteiger charge is -2.45. The smallest absolute Gasteiger partial charge is 0.252 e. The first-order valence-corrected chi connectivity index (χ1v) is 23.2. The first-order chi connectivity index (χ1) is 32.1. The van der Waals surface area contributed by atoms with Crippen LogP contribution in [0.4, 0.5) is 34.1 Å². The van der Waals surface area contributed by atoms with Crippen molar-refractivity contribution in [2.45, 2.75) is 0 Å². The molecule has 0 unspecified atom stereocenters. The standard InChI is InChI=1S/C60H39BBrClN2/c62-46-33-35-55-53(37-46)61-52-36-45(40-18-6-1-7-19-40)32-34-54(52)64(59-48(41-20-8-2-9-21-41)28-16-29-49(59)42-22-10-3-11-23-42)56-38-47(63)39-57(58(56)61)65(55)60-50(43-24-12-4-13-25-43)30-17-31-51(60)44-26-14-5-15-27-44/h1-39H. The van der Waals surface area contributed by atoms with Gasteiger partial charge in [-0.15, -0.1) is 0 Å². The molecule has 2 aliphatic rings. The Balaban J connectivity index is 1.23. The zero-order valence-corrected chi connectivity index (χ0v) is 37.6. The Morgan fingerprint density at radius 3 is 1.11 bits per heavy atom. The molecule has 0 radical (unpaired) electrons. The van der Waals surface area contributed by atoms with Crippen LogP contribution in [-0.2, 0) is 0 Å². The van der Waals surface area contributed by atoms with Crippen molar-refractivity contribution in [3.63, 3.8) is 0 Å². The maximum atomic E-state index is 7.59. The lowest BCUT2D eigenvalue weighted by atomic mass is 9.33. The van der Waals surface area contributed by atoms with Gasteiger partial charge in [-0.3, -0.25) is 0 Å². The summed E-state index contributed by atoms with van der Waals surface area (Å²) >= 11 is 11.6. The summed E-state index contributed by atoms with van der Waals surface area (Å²) in [5.41, 5.74) is 21.6. The monoisotopic (exact) mass is 912 g/mol. The predicted molar refractivity (Wildman–Crippen MR) is 280 cm³/mol. The van der Waals surface area contributed by atoms with E-state index in [-0.39, 0.29) is 6.71 Å². The number of benzene rings is 10. The number of hydrogen-bond donors (Lipinski definition) is 0. The van der Waals surface area contributed by atoms with E-state index in [1.807, 2.05) is 0 Å². The fourth-order valence-electron chi connectivity index (χ4n) is 10.2. The molecule has 0 atom stereocenters. The van der Waals surface area contributed by atoms with E-state index in [4.69, 9.17) is 11.6 Å². The van der Waals surface area contributed by atoms with Crippen LogP contribution in [0.15, 0.2) is 241 Å². The molecule has 0 aromatic heterocycles. The van der Waals surface area contributed by atoms with Crippen molar-refractivity contribution < 1.29 is 0 Å². The lowest BCUT2D eigenvalue weighted by molar-refractivity contribution is 1.25. The van der Waals surface area contributed by atoms with Crippen molar-refractivity contribution in [3.8, 4) is 55.6 Å². The number of para-hydroxylation sites is 2. The van der Waals surface area contributed by atoms with E-state index in [0.29, 0.717) is 5.02 Å². The summed E-state index contributed by atoms with van der Waals surface area (Å²) in [4.78, 5) is 5.01. The molecule has 10 aromatic carbocycles. The van der Waals surface area contributed by atoms with Crippen molar-refractivity contribution in [2.75, 3.05) is 9.80 Å². The topological polar surface area (TPSA) is 6.48 Å². The van der Waals surface area contributed by atoms with E-state index in [0.717, 1.165) is 83.1 Å². The maximum absolute atomic E-state index is 7.59. The van der Waals surface area contributed by atoms with Crippen molar-refractivity contribution in [1.82, 2.24) is 0 Å². The molecule has 2 aliphatic heterocycles. The molecule has 2 nitrogen and oxygen atoms in total. The minimum Gasteiger partial charge on any atom is -0.310 e. The van der Waals surface area contributed by atoms with Gasteiger partial charge in [0.2, 0.25) is 0 Å². The Labute approximate surface area is 393 Å². The largest absolute Gasteiger partial charge is 0.310 e. The SMILES string of the molecule is Clc1cc2c3c(c1)N(c1c(-c4ccccc4)cccc1-c1ccccc1)c1ccc(-c4ccccc4)cc1B3c1cc(Br)ccc1N2c1c(-c2ccccc2)cccc1-c1ccccc1. The molecular formula is C60H39BBrClN2. The van der Waals surface area contributed by atoms with E-state index < -0.39 is 0 Å². The first-order valence-electron chi connectivity index (χ1n) is 22.0. The number of halogens is 2. The zero-order chi connectivity index (χ0) is 43.4. The maximum Gasteiger partial charge on any atom is 0.252 e. The number of anilines is 6. The van der Waals surface area contributed by atoms with Gasteiger partial charge in [0.15, 0.2) is 0 Å². The second kappa shape index (κ2) is 16.3. The lowest BCUT2D eigenvalue weighted by Crippen LogP contribution is -2.61. The number of fused-ring (bicyclic) bond motifs is 4. The normalized spacial score (nSPS) is 12.4. The quantitative estimate of drug-likeness (QED) is 0.147. The Morgan fingerprint density at radius 2 is 0.692 bits per heavy atom. The number of rotatable bonds is 7.